The SMILES string of the molecule is CN=C(NCCS(=O)(=O)N1CCSCC1)NCC1(C)CCCS1.I. The maximum atomic E-state index is 12.3. The lowest BCUT2D eigenvalue weighted by Gasteiger charge is -2.26. The summed E-state index contributed by atoms with van der Waals surface area (Å²) in [6.45, 7) is 4.78. The summed E-state index contributed by atoms with van der Waals surface area (Å²) in [5, 5.41) is 6.45. The molecule has 0 amide bonds. The van der Waals surface area contributed by atoms with Gasteiger partial charge in [-0.05, 0) is 25.5 Å². The minimum atomic E-state index is -3.16. The molecular formula is C14H29IN4O2S3. The average Bonchev–Trinajstić information content (AvgIpc) is 2.98. The summed E-state index contributed by atoms with van der Waals surface area (Å²) in [5.74, 6) is 3.81. The van der Waals surface area contributed by atoms with Gasteiger partial charge in [0.25, 0.3) is 0 Å². The Morgan fingerprint density at radius 2 is 1.96 bits per heavy atom. The number of nitrogens with one attached hydrogen (secondary N) is 2. The van der Waals surface area contributed by atoms with Crippen LogP contribution in [0.15, 0.2) is 4.99 Å². The second kappa shape index (κ2) is 10.7. The molecule has 142 valence electrons. The van der Waals surface area contributed by atoms with Gasteiger partial charge in [-0.15, -0.1) is 24.0 Å². The summed E-state index contributed by atoms with van der Waals surface area (Å²) in [5.41, 5.74) is 0. The van der Waals surface area contributed by atoms with Crippen molar-refractivity contribution in [3.8, 4) is 0 Å². The van der Waals surface area contributed by atoms with Gasteiger partial charge in [-0.1, -0.05) is 0 Å². The number of thioether (sulfide) groups is 2. The average molecular weight is 509 g/mol. The molecule has 2 N–H and O–H groups in total. The molecule has 24 heavy (non-hydrogen) atoms. The van der Waals surface area contributed by atoms with Crippen LogP contribution in [0.3, 0.4) is 0 Å². The first-order valence-corrected chi connectivity index (χ1v) is 11.8. The van der Waals surface area contributed by atoms with Crippen molar-refractivity contribution in [1.82, 2.24) is 14.9 Å². The molecule has 2 aliphatic heterocycles. The standard InChI is InChI=1S/C14H28N4O2S3.HI/c1-14(4-3-8-22-14)12-17-13(15-2)16-5-11-23(19,20)18-6-9-21-10-7-18;/h3-12H2,1-2H3,(H2,15,16,17);1H. The van der Waals surface area contributed by atoms with Crippen LogP contribution >= 0.6 is 47.5 Å². The molecule has 0 aliphatic carbocycles. The fraction of sp³-hybridized carbons (Fsp3) is 0.929. The van der Waals surface area contributed by atoms with Crippen LogP contribution in [0.4, 0.5) is 0 Å². The number of sulfonamides is 1. The lowest BCUT2D eigenvalue weighted by atomic mass is 10.1. The molecule has 0 saturated carbocycles. The third kappa shape index (κ3) is 7.08. The summed E-state index contributed by atoms with van der Waals surface area (Å²) >= 11 is 3.81. The maximum Gasteiger partial charge on any atom is 0.215 e. The zero-order valence-electron chi connectivity index (χ0n) is 14.4. The zero-order chi connectivity index (χ0) is 16.8. The van der Waals surface area contributed by atoms with Crippen molar-refractivity contribution >= 4 is 63.5 Å². The van der Waals surface area contributed by atoms with Crippen molar-refractivity contribution in [3.63, 3.8) is 0 Å². The minimum Gasteiger partial charge on any atom is -0.355 e. The van der Waals surface area contributed by atoms with Gasteiger partial charge in [-0.2, -0.15) is 23.5 Å². The van der Waals surface area contributed by atoms with E-state index in [1.165, 1.54) is 18.6 Å². The normalized spacial score (nSPS) is 26.0. The minimum absolute atomic E-state index is 0. The van der Waals surface area contributed by atoms with Crippen LogP contribution in [0.5, 0.6) is 0 Å². The van der Waals surface area contributed by atoms with Gasteiger partial charge in [0, 0.05) is 49.5 Å². The first-order chi connectivity index (χ1) is 11.0. The van der Waals surface area contributed by atoms with Crippen molar-refractivity contribution < 1.29 is 8.42 Å². The molecule has 0 aromatic heterocycles. The van der Waals surface area contributed by atoms with Gasteiger partial charge in [0.2, 0.25) is 10.0 Å². The molecule has 10 heteroatoms. The Balaban J connectivity index is 0.00000288. The second-order valence-corrected chi connectivity index (χ2v) is 11.1. The Morgan fingerprint density at radius 1 is 1.25 bits per heavy atom. The Labute approximate surface area is 171 Å². The predicted octanol–water partition coefficient (Wildman–Crippen LogP) is 1.43. The van der Waals surface area contributed by atoms with Crippen LogP contribution in [-0.4, -0.2) is 79.7 Å². The van der Waals surface area contributed by atoms with Crippen molar-refractivity contribution in [2.24, 2.45) is 4.99 Å². The maximum absolute atomic E-state index is 12.3. The molecule has 0 bridgehead atoms. The van der Waals surface area contributed by atoms with E-state index in [9.17, 15) is 8.42 Å². The highest BCUT2D eigenvalue weighted by Gasteiger charge is 2.29. The van der Waals surface area contributed by atoms with E-state index in [-0.39, 0.29) is 34.5 Å². The van der Waals surface area contributed by atoms with Crippen molar-refractivity contribution in [3.05, 3.63) is 0 Å². The lowest BCUT2D eigenvalue weighted by molar-refractivity contribution is 0.443. The van der Waals surface area contributed by atoms with Crippen LogP contribution < -0.4 is 10.6 Å². The van der Waals surface area contributed by atoms with Gasteiger partial charge in [-0.3, -0.25) is 4.99 Å². The van der Waals surface area contributed by atoms with Crippen LogP contribution in [0.2, 0.25) is 0 Å². The van der Waals surface area contributed by atoms with E-state index >= 15 is 0 Å². The van der Waals surface area contributed by atoms with Gasteiger partial charge < -0.3 is 10.6 Å². The van der Waals surface area contributed by atoms with Gasteiger partial charge in [0.05, 0.1) is 5.75 Å². The molecule has 1 atom stereocenters. The fourth-order valence-corrected chi connectivity index (χ4v) is 6.46. The predicted molar refractivity (Wildman–Crippen MR) is 118 cm³/mol. The van der Waals surface area contributed by atoms with Gasteiger partial charge in [0.1, 0.15) is 0 Å². The lowest BCUT2D eigenvalue weighted by Crippen LogP contribution is -2.46. The molecule has 0 radical (unpaired) electrons. The molecular weight excluding hydrogens is 479 g/mol. The summed E-state index contributed by atoms with van der Waals surface area (Å²) in [6, 6.07) is 0. The molecule has 2 saturated heterocycles. The van der Waals surface area contributed by atoms with Gasteiger partial charge >= 0.3 is 0 Å². The topological polar surface area (TPSA) is 73.8 Å². The first kappa shape index (κ1) is 22.7. The van der Waals surface area contributed by atoms with E-state index in [2.05, 4.69) is 22.5 Å². The van der Waals surface area contributed by atoms with Crippen LogP contribution in [0, 0.1) is 0 Å². The van der Waals surface area contributed by atoms with E-state index in [1.807, 2.05) is 23.5 Å². The second-order valence-electron chi connectivity index (χ2n) is 6.08. The van der Waals surface area contributed by atoms with E-state index in [4.69, 9.17) is 0 Å². The number of rotatable bonds is 6. The molecule has 6 nitrogen and oxygen atoms in total. The smallest absolute Gasteiger partial charge is 0.215 e. The quantitative estimate of drug-likeness (QED) is 0.322. The Kier molecular flexibility index (Phi) is 10.1. The number of hydrogen-bond acceptors (Lipinski definition) is 5. The van der Waals surface area contributed by atoms with Crippen molar-refractivity contribution in [1.29, 1.82) is 0 Å². The van der Waals surface area contributed by atoms with E-state index in [0.717, 1.165) is 18.1 Å². The van der Waals surface area contributed by atoms with E-state index in [1.54, 1.807) is 11.4 Å². The van der Waals surface area contributed by atoms with Crippen molar-refractivity contribution in [2.45, 2.75) is 24.5 Å². The Morgan fingerprint density at radius 3 is 2.54 bits per heavy atom. The molecule has 1 unspecified atom stereocenters. The van der Waals surface area contributed by atoms with Crippen molar-refractivity contribution in [2.75, 3.05) is 56.2 Å². The van der Waals surface area contributed by atoms with Gasteiger partial charge in [-0.25, -0.2) is 12.7 Å². The molecule has 2 rings (SSSR count). The fourth-order valence-electron chi connectivity index (χ4n) is 2.72. The number of guanidine groups is 1. The molecule has 2 fully saturated rings. The van der Waals surface area contributed by atoms with Crippen LogP contribution in [-0.2, 0) is 10.0 Å². The Bertz CT molecular complexity index is 504. The molecule has 2 aliphatic rings. The molecule has 0 aromatic rings. The first-order valence-electron chi connectivity index (χ1n) is 8.09. The highest BCUT2D eigenvalue weighted by atomic mass is 127. The number of halogens is 1. The Hall–Kier alpha value is 0.610. The van der Waals surface area contributed by atoms with E-state index < -0.39 is 10.0 Å². The van der Waals surface area contributed by atoms with Crippen LogP contribution in [0.1, 0.15) is 19.8 Å². The summed E-state index contributed by atoms with van der Waals surface area (Å²) < 4.78 is 26.4. The van der Waals surface area contributed by atoms with Crippen LogP contribution in [0.25, 0.3) is 0 Å². The third-order valence-corrected chi connectivity index (χ3v) is 8.52. The number of aliphatic imine (C=N–C) groups is 1. The highest BCUT2D eigenvalue weighted by molar-refractivity contribution is 14.0. The number of hydrogen-bond donors (Lipinski definition) is 2. The summed E-state index contributed by atoms with van der Waals surface area (Å²) in [7, 11) is -1.44. The molecule has 2 heterocycles. The van der Waals surface area contributed by atoms with Gasteiger partial charge in [0.15, 0.2) is 5.96 Å². The summed E-state index contributed by atoms with van der Waals surface area (Å²) in [6.07, 6.45) is 2.48. The molecule has 0 spiro atoms. The third-order valence-electron chi connectivity index (χ3n) is 4.17. The number of nitrogens with zero attached hydrogens (tertiary/aromatic N) is 2. The highest BCUT2D eigenvalue weighted by Crippen LogP contribution is 2.36. The zero-order valence-corrected chi connectivity index (χ0v) is 19.2. The largest absolute Gasteiger partial charge is 0.355 e. The monoisotopic (exact) mass is 508 g/mol. The molecule has 0 aromatic carbocycles. The van der Waals surface area contributed by atoms with E-state index in [0.29, 0.717) is 25.6 Å². The summed E-state index contributed by atoms with van der Waals surface area (Å²) in [4.78, 5) is 4.19.